The van der Waals surface area contributed by atoms with E-state index in [1.807, 2.05) is 25.1 Å². The number of pyridine rings is 1. The highest BCUT2D eigenvalue weighted by Crippen LogP contribution is 2.19. The molecule has 4 heteroatoms. The minimum absolute atomic E-state index is 0.0367. The zero-order valence-corrected chi connectivity index (χ0v) is 9.50. The summed E-state index contributed by atoms with van der Waals surface area (Å²) in [6.45, 7) is 1.87. The molecule has 1 aromatic rings. The highest BCUT2D eigenvalue weighted by atomic mass is 127. The maximum atomic E-state index is 11.2. The van der Waals surface area contributed by atoms with Crippen LogP contribution in [0.1, 0.15) is 6.92 Å². The minimum atomic E-state index is 0.0367. The van der Waals surface area contributed by atoms with Crippen LogP contribution < -0.4 is 0 Å². The van der Waals surface area contributed by atoms with Gasteiger partial charge in [-0.1, -0.05) is 28.7 Å². The quantitative estimate of drug-likeness (QED) is 0.477. The predicted octanol–water partition coefficient (Wildman–Crippen LogP) is 2.52. The fourth-order valence-electron chi connectivity index (χ4n) is 0.592. The molecule has 0 aliphatic rings. The molecular weight excluding hydrogens is 285 g/mol. The maximum absolute atomic E-state index is 11.2. The summed E-state index contributed by atoms with van der Waals surface area (Å²) < 4.78 is 0.0367. The van der Waals surface area contributed by atoms with Gasteiger partial charge in [0.1, 0.15) is 5.03 Å². The Bertz CT molecular complexity index is 263. The Morgan fingerprint density at radius 3 is 2.92 bits per heavy atom. The number of aromatic nitrogens is 1. The van der Waals surface area contributed by atoms with E-state index >= 15 is 0 Å². The van der Waals surface area contributed by atoms with E-state index in [4.69, 9.17) is 0 Å². The van der Waals surface area contributed by atoms with Crippen molar-refractivity contribution in [1.29, 1.82) is 0 Å². The molecule has 2 nitrogen and oxygen atoms in total. The molecule has 12 heavy (non-hydrogen) atoms. The van der Waals surface area contributed by atoms with Crippen molar-refractivity contribution >= 4 is 39.5 Å². The van der Waals surface area contributed by atoms with E-state index < -0.39 is 0 Å². The van der Waals surface area contributed by atoms with Gasteiger partial charge in [-0.2, -0.15) is 0 Å². The summed E-state index contributed by atoms with van der Waals surface area (Å²) in [7, 11) is 0. The number of rotatable bonds is 2. The van der Waals surface area contributed by atoms with Gasteiger partial charge < -0.3 is 0 Å². The molecule has 0 aliphatic carbocycles. The molecule has 1 rings (SSSR count). The number of hydrogen-bond donors (Lipinski definition) is 0. The molecule has 0 fully saturated rings. The predicted molar refractivity (Wildman–Crippen MR) is 58.6 cm³/mol. The lowest BCUT2D eigenvalue weighted by Crippen LogP contribution is -2.03. The summed E-state index contributed by atoms with van der Waals surface area (Å²) in [5.41, 5.74) is 0. The monoisotopic (exact) mass is 293 g/mol. The first kappa shape index (κ1) is 9.98. The molecule has 1 heterocycles. The molecule has 1 unspecified atom stereocenters. The first-order valence-electron chi connectivity index (χ1n) is 3.47. The Labute approximate surface area is 89.3 Å². The first-order valence-corrected chi connectivity index (χ1v) is 5.53. The van der Waals surface area contributed by atoms with Crippen LogP contribution in [0.25, 0.3) is 0 Å². The standard InChI is InChI=1S/C8H8INOS/c1-6(9)8(11)12-7-4-2-3-5-10-7/h2-6H,1H3. The smallest absolute Gasteiger partial charge is 0.207 e. The topological polar surface area (TPSA) is 30.0 Å². The summed E-state index contributed by atoms with van der Waals surface area (Å²) in [4.78, 5) is 15.3. The lowest BCUT2D eigenvalue weighted by molar-refractivity contribution is -0.110. The van der Waals surface area contributed by atoms with Crippen LogP contribution in [0.4, 0.5) is 0 Å². The van der Waals surface area contributed by atoms with Crippen molar-refractivity contribution in [1.82, 2.24) is 4.98 Å². The highest BCUT2D eigenvalue weighted by molar-refractivity contribution is 14.1. The summed E-state index contributed by atoms with van der Waals surface area (Å²) >= 11 is 3.29. The molecule has 0 bridgehead atoms. The number of carbonyl (C=O) groups is 1. The van der Waals surface area contributed by atoms with Gasteiger partial charge in [-0.05, 0) is 30.8 Å². The van der Waals surface area contributed by atoms with Crippen molar-refractivity contribution < 1.29 is 4.79 Å². The Balaban J connectivity index is 2.59. The third-order valence-electron chi connectivity index (χ3n) is 1.17. The van der Waals surface area contributed by atoms with Crippen LogP contribution in [0.5, 0.6) is 0 Å². The van der Waals surface area contributed by atoms with Crippen molar-refractivity contribution in [3.8, 4) is 0 Å². The Hall–Kier alpha value is -0.100. The number of carbonyl (C=O) groups excluding carboxylic acids is 1. The zero-order valence-electron chi connectivity index (χ0n) is 6.53. The van der Waals surface area contributed by atoms with E-state index in [2.05, 4.69) is 27.6 Å². The van der Waals surface area contributed by atoms with Gasteiger partial charge >= 0.3 is 0 Å². The molecule has 64 valence electrons. The van der Waals surface area contributed by atoms with Gasteiger partial charge in [0.25, 0.3) is 0 Å². The molecule has 1 atom stereocenters. The van der Waals surface area contributed by atoms with Crippen molar-refractivity contribution in [3.05, 3.63) is 24.4 Å². The zero-order chi connectivity index (χ0) is 8.97. The van der Waals surface area contributed by atoms with E-state index in [9.17, 15) is 4.79 Å². The Morgan fingerprint density at radius 1 is 1.67 bits per heavy atom. The average Bonchev–Trinajstić information content (AvgIpc) is 2.06. The molecule has 0 N–H and O–H groups in total. The fraction of sp³-hybridized carbons (Fsp3) is 0.250. The summed E-state index contributed by atoms with van der Waals surface area (Å²) in [6.07, 6.45) is 1.69. The minimum Gasteiger partial charge on any atom is -0.286 e. The van der Waals surface area contributed by atoms with Crippen LogP contribution >= 0.6 is 34.4 Å². The van der Waals surface area contributed by atoms with Crippen LogP contribution in [0.3, 0.4) is 0 Å². The molecule has 0 spiro atoms. The van der Waals surface area contributed by atoms with Crippen molar-refractivity contribution in [3.63, 3.8) is 0 Å². The van der Waals surface area contributed by atoms with Crippen LogP contribution in [-0.2, 0) is 4.79 Å². The van der Waals surface area contributed by atoms with Gasteiger partial charge in [0.2, 0.25) is 5.12 Å². The molecule has 1 aromatic heterocycles. The molecule has 0 saturated heterocycles. The van der Waals surface area contributed by atoms with Gasteiger partial charge in [0.05, 0.1) is 3.92 Å². The summed E-state index contributed by atoms with van der Waals surface area (Å²) in [5.74, 6) is 0. The second kappa shape index (κ2) is 4.81. The molecule has 0 amide bonds. The third-order valence-corrected chi connectivity index (χ3v) is 3.16. The second-order valence-corrected chi connectivity index (χ2v) is 5.10. The van der Waals surface area contributed by atoms with E-state index in [-0.39, 0.29) is 9.04 Å². The highest BCUT2D eigenvalue weighted by Gasteiger charge is 2.10. The van der Waals surface area contributed by atoms with Crippen LogP contribution in [0.15, 0.2) is 29.4 Å². The number of alkyl halides is 1. The Kier molecular flexibility index (Phi) is 4.00. The largest absolute Gasteiger partial charge is 0.286 e. The van der Waals surface area contributed by atoms with Gasteiger partial charge in [-0.15, -0.1) is 0 Å². The van der Waals surface area contributed by atoms with Crippen molar-refractivity contribution in [2.75, 3.05) is 0 Å². The van der Waals surface area contributed by atoms with Gasteiger partial charge in [0.15, 0.2) is 0 Å². The van der Waals surface area contributed by atoms with E-state index in [1.54, 1.807) is 6.20 Å². The second-order valence-electron chi connectivity index (χ2n) is 2.21. The van der Waals surface area contributed by atoms with Crippen LogP contribution in [0, 0.1) is 0 Å². The third kappa shape index (κ3) is 3.10. The van der Waals surface area contributed by atoms with E-state index in [0.717, 1.165) is 5.03 Å². The van der Waals surface area contributed by atoms with Crippen LogP contribution in [0.2, 0.25) is 0 Å². The molecule has 0 aliphatic heterocycles. The van der Waals surface area contributed by atoms with Gasteiger partial charge in [0, 0.05) is 6.20 Å². The number of nitrogens with zero attached hydrogens (tertiary/aromatic N) is 1. The lowest BCUT2D eigenvalue weighted by atomic mass is 10.5. The van der Waals surface area contributed by atoms with Gasteiger partial charge in [-0.25, -0.2) is 4.98 Å². The summed E-state index contributed by atoms with van der Waals surface area (Å²) in [6, 6.07) is 5.55. The molecule has 0 saturated carbocycles. The van der Waals surface area contributed by atoms with Crippen molar-refractivity contribution in [2.24, 2.45) is 0 Å². The SMILES string of the molecule is CC(I)C(=O)Sc1ccccn1. The summed E-state index contributed by atoms with van der Waals surface area (Å²) in [5, 5.41) is 0.917. The van der Waals surface area contributed by atoms with E-state index in [0.29, 0.717) is 0 Å². The first-order chi connectivity index (χ1) is 5.70. The number of hydrogen-bond acceptors (Lipinski definition) is 3. The maximum Gasteiger partial charge on any atom is 0.207 e. The lowest BCUT2D eigenvalue weighted by Gasteiger charge is -1.99. The average molecular weight is 293 g/mol. The number of halogens is 1. The Morgan fingerprint density at radius 2 is 2.42 bits per heavy atom. The van der Waals surface area contributed by atoms with Crippen LogP contribution in [-0.4, -0.2) is 14.0 Å². The normalized spacial score (nSPS) is 12.5. The molecular formula is C8H8INOS. The molecule has 0 aromatic carbocycles. The molecule has 0 radical (unpaired) electrons. The van der Waals surface area contributed by atoms with E-state index in [1.165, 1.54) is 11.8 Å². The van der Waals surface area contributed by atoms with Gasteiger partial charge in [-0.3, -0.25) is 4.79 Å². The number of thioether (sulfide) groups is 1. The van der Waals surface area contributed by atoms with Crippen molar-refractivity contribution in [2.45, 2.75) is 15.9 Å². The fourth-order valence-corrected chi connectivity index (χ4v) is 1.60.